The Labute approximate surface area is 142 Å². The average molecular weight is 342 g/mol. The van der Waals surface area contributed by atoms with Crippen LogP contribution in [0, 0.1) is 12.7 Å². The summed E-state index contributed by atoms with van der Waals surface area (Å²) >= 11 is 0. The van der Waals surface area contributed by atoms with Crippen LogP contribution in [0.4, 0.5) is 4.39 Å². The van der Waals surface area contributed by atoms with E-state index in [0.717, 1.165) is 17.0 Å². The summed E-state index contributed by atoms with van der Waals surface area (Å²) in [5, 5.41) is 0.809. The smallest absolute Gasteiger partial charge is 0.338 e. The number of benzene rings is 2. The lowest BCUT2D eigenvalue weighted by Gasteiger charge is -2.11. The van der Waals surface area contributed by atoms with Crippen molar-refractivity contribution >= 4 is 16.9 Å². The molecule has 0 unspecified atom stereocenters. The van der Waals surface area contributed by atoms with Gasteiger partial charge in [0.15, 0.2) is 0 Å². The van der Waals surface area contributed by atoms with Crippen LogP contribution in [-0.2, 0) is 11.3 Å². The number of ether oxygens (including phenoxy) is 2. The summed E-state index contributed by atoms with van der Waals surface area (Å²) in [5.74, 6) is -0.716. The fourth-order valence-corrected chi connectivity index (χ4v) is 2.53. The average Bonchev–Trinajstić information content (AvgIpc) is 2.59. The third-order valence-electron chi connectivity index (χ3n) is 3.79. The third-order valence-corrected chi connectivity index (χ3v) is 3.79. The van der Waals surface area contributed by atoms with Crippen molar-refractivity contribution in [2.24, 2.45) is 0 Å². The maximum atomic E-state index is 13.4. The van der Waals surface area contributed by atoms with Gasteiger partial charge in [-0.05, 0) is 36.8 Å². The van der Waals surface area contributed by atoms with Gasteiger partial charge in [0.25, 0.3) is 0 Å². The lowest BCUT2D eigenvalue weighted by molar-refractivity contribution is 0.0597. The van der Waals surface area contributed by atoms with Gasteiger partial charge in [0.05, 0.1) is 12.7 Å². The molecule has 0 saturated carbocycles. The van der Waals surface area contributed by atoms with Crippen molar-refractivity contribution in [3.05, 3.63) is 75.4 Å². The molecule has 5 nitrogen and oxygen atoms in total. The second-order valence-electron chi connectivity index (χ2n) is 5.49. The topological polar surface area (TPSA) is 65.7 Å². The van der Waals surface area contributed by atoms with E-state index in [-0.39, 0.29) is 12.2 Å². The van der Waals surface area contributed by atoms with Crippen LogP contribution in [0.1, 0.15) is 21.5 Å². The summed E-state index contributed by atoms with van der Waals surface area (Å²) in [6, 6.07) is 10.4. The van der Waals surface area contributed by atoms with E-state index in [9.17, 15) is 14.0 Å². The second-order valence-corrected chi connectivity index (χ2v) is 5.49. The number of aryl methyl sites for hydroxylation is 1. The molecule has 0 aliphatic heterocycles. The molecule has 3 aromatic rings. The molecule has 0 saturated heterocycles. The van der Waals surface area contributed by atoms with Crippen LogP contribution >= 0.6 is 0 Å². The molecule has 0 aliphatic rings. The van der Waals surface area contributed by atoms with Gasteiger partial charge in [-0.1, -0.05) is 6.07 Å². The molecular weight excluding hydrogens is 327 g/mol. The first-order valence-corrected chi connectivity index (χ1v) is 7.52. The van der Waals surface area contributed by atoms with Gasteiger partial charge in [0.2, 0.25) is 0 Å². The molecule has 1 heterocycles. The van der Waals surface area contributed by atoms with Crippen molar-refractivity contribution in [1.29, 1.82) is 0 Å². The molecule has 0 spiro atoms. The molecule has 3 rings (SSSR count). The first-order valence-electron chi connectivity index (χ1n) is 7.52. The van der Waals surface area contributed by atoms with E-state index in [2.05, 4.69) is 4.74 Å². The minimum absolute atomic E-state index is 0.0340. The number of hydrogen-bond donors (Lipinski definition) is 0. The third kappa shape index (κ3) is 3.52. The first kappa shape index (κ1) is 16.7. The SMILES string of the molecule is COC(=O)c1cc(F)ccc1COc1ccc2c(C)cc(=O)oc2c1. The highest BCUT2D eigenvalue weighted by Gasteiger charge is 2.14. The van der Waals surface area contributed by atoms with Gasteiger partial charge in [0.1, 0.15) is 23.8 Å². The standard InChI is InChI=1S/C19H15FO5/c1-11-7-18(21)25-17-9-14(5-6-15(11)17)24-10-12-3-4-13(20)8-16(12)19(22)23-2/h3-9H,10H2,1-2H3. The molecule has 25 heavy (non-hydrogen) atoms. The highest BCUT2D eigenvalue weighted by molar-refractivity contribution is 5.91. The molecule has 1 aromatic heterocycles. The van der Waals surface area contributed by atoms with E-state index in [1.807, 2.05) is 6.92 Å². The van der Waals surface area contributed by atoms with Crippen LogP contribution in [0.3, 0.4) is 0 Å². The minimum atomic E-state index is -0.641. The van der Waals surface area contributed by atoms with Gasteiger partial charge in [0, 0.05) is 23.1 Å². The fourth-order valence-electron chi connectivity index (χ4n) is 2.53. The normalized spacial score (nSPS) is 10.7. The van der Waals surface area contributed by atoms with Crippen LogP contribution in [0.5, 0.6) is 5.75 Å². The van der Waals surface area contributed by atoms with Gasteiger partial charge in [-0.2, -0.15) is 0 Å². The van der Waals surface area contributed by atoms with Crippen molar-refractivity contribution in [1.82, 2.24) is 0 Å². The van der Waals surface area contributed by atoms with E-state index >= 15 is 0 Å². The monoisotopic (exact) mass is 342 g/mol. The molecule has 0 N–H and O–H groups in total. The Morgan fingerprint density at radius 3 is 2.72 bits per heavy atom. The fraction of sp³-hybridized carbons (Fsp3) is 0.158. The summed E-state index contributed by atoms with van der Waals surface area (Å²) < 4.78 is 28.9. The molecule has 0 atom stereocenters. The van der Waals surface area contributed by atoms with E-state index in [4.69, 9.17) is 9.15 Å². The van der Waals surface area contributed by atoms with Gasteiger partial charge >= 0.3 is 11.6 Å². The quantitative estimate of drug-likeness (QED) is 0.535. The van der Waals surface area contributed by atoms with Crippen molar-refractivity contribution in [3.63, 3.8) is 0 Å². The maximum Gasteiger partial charge on any atom is 0.338 e. The summed E-state index contributed by atoms with van der Waals surface area (Å²) in [6.07, 6.45) is 0. The van der Waals surface area contributed by atoms with Crippen LogP contribution in [0.2, 0.25) is 0 Å². The molecule has 0 fully saturated rings. The molecule has 2 aromatic carbocycles. The van der Waals surface area contributed by atoms with Gasteiger partial charge in [-0.15, -0.1) is 0 Å². The number of fused-ring (bicyclic) bond motifs is 1. The van der Waals surface area contributed by atoms with E-state index < -0.39 is 17.4 Å². The number of carbonyl (C=O) groups is 1. The summed E-state index contributed by atoms with van der Waals surface area (Å²) in [6.45, 7) is 1.85. The van der Waals surface area contributed by atoms with Gasteiger partial charge in [-0.3, -0.25) is 0 Å². The Morgan fingerprint density at radius 1 is 1.16 bits per heavy atom. The van der Waals surface area contributed by atoms with E-state index in [1.165, 1.54) is 25.3 Å². The molecule has 0 radical (unpaired) electrons. The van der Waals surface area contributed by atoms with Gasteiger partial charge in [-0.25, -0.2) is 14.0 Å². The predicted molar refractivity (Wildman–Crippen MR) is 89.3 cm³/mol. The highest BCUT2D eigenvalue weighted by Crippen LogP contribution is 2.23. The zero-order chi connectivity index (χ0) is 18.0. The van der Waals surface area contributed by atoms with E-state index in [0.29, 0.717) is 16.9 Å². The number of hydrogen-bond acceptors (Lipinski definition) is 5. The molecule has 0 bridgehead atoms. The van der Waals surface area contributed by atoms with Gasteiger partial charge < -0.3 is 13.9 Å². The Bertz CT molecular complexity index is 1010. The number of halogens is 1. The maximum absolute atomic E-state index is 13.4. The van der Waals surface area contributed by atoms with Crippen LogP contribution in [0.25, 0.3) is 11.0 Å². The molecular formula is C19H15FO5. The summed E-state index contributed by atoms with van der Waals surface area (Å²) in [5.41, 5.74) is 1.37. The lowest BCUT2D eigenvalue weighted by atomic mass is 10.1. The number of carbonyl (C=O) groups excluding carboxylic acids is 1. The predicted octanol–water partition coefficient (Wildman–Crippen LogP) is 3.61. The van der Waals surface area contributed by atoms with Crippen LogP contribution in [-0.4, -0.2) is 13.1 Å². The lowest BCUT2D eigenvalue weighted by Crippen LogP contribution is -2.08. The number of esters is 1. The Morgan fingerprint density at radius 2 is 1.96 bits per heavy atom. The Hall–Kier alpha value is -3.15. The zero-order valence-electron chi connectivity index (χ0n) is 13.7. The summed E-state index contributed by atoms with van der Waals surface area (Å²) in [4.78, 5) is 23.2. The second kappa shape index (κ2) is 6.76. The number of methoxy groups -OCH3 is 1. The Kier molecular flexibility index (Phi) is 4.52. The number of rotatable bonds is 4. The van der Waals surface area contributed by atoms with Crippen molar-refractivity contribution in [2.75, 3.05) is 7.11 Å². The van der Waals surface area contributed by atoms with Crippen molar-refractivity contribution in [2.45, 2.75) is 13.5 Å². The summed E-state index contributed by atoms with van der Waals surface area (Å²) in [7, 11) is 1.23. The largest absolute Gasteiger partial charge is 0.489 e. The molecule has 128 valence electrons. The van der Waals surface area contributed by atoms with Crippen LogP contribution < -0.4 is 10.4 Å². The molecule has 0 amide bonds. The first-order chi connectivity index (χ1) is 12.0. The van der Waals surface area contributed by atoms with E-state index in [1.54, 1.807) is 18.2 Å². The highest BCUT2D eigenvalue weighted by atomic mass is 19.1. The Balaban J connectivity index is 1.88. The van der Waals surface area contributed by atoms with Crippen LogP contribution in [0.15, 0.2) is 51.7 Å². The zero-order valence-corrected chi connectivity index (χ0v) is 13.7. The molecule has 0 aliphatic carbocycles. The van der Waals surface area contributed by atoms with Crippen molar-refractivity contribution < 1.29 is 23.1 Å². The molecule has 6 heteroatoms. The minimum Gasteiger partial charge on any atom is -0.489 e. The van der Waals surface area contributed by atoms with Crippen molar-refractivity contribution in [3.8, 4) is 5.75 Å².